The number of rotatable bonds is 39. The summed E-state index contributed by atoms with van der Waals surface area (Å²) >= 11 is 0. The molecular formula is C71H102N5O11P. The number of aromatic nitrogens is 3. The lowest BCUT2D eigenvalue weighted by molar-refractivity contribution is -0.141. The molecule has 0 spiro atoms. The maximum Gasteiger partial charge on any atom is 0.314 e. The van der Waals surface area contributed by atoms with Gasteiger partial charge in [-0.3, -0.25) is 9.59 Å². The van der Waals surface area contributed by atoms with Gasteiger partial charge in [-0.25, -0.2) is 9.99 Å². The Morgan fingerprint density at radius 2 is 1.30 bits per heavy atom. The normalized spacial score (nSPS) is 17.0. The average Bonchev–Trinajstić information content (AvgIpc) is 3.46. The Balaban J connectivity index is 0.000000313. The summed E-state index contributed by atoms with van der Waals surface area (Å²) in [6.45, 7) is 26.1. The largest absolute Gasteiger partial charge is 0.494 e. The van der Waals surface area contributed by atoms with Crippen molar-refractivity contribution in [3.05, 3.63) is 140 Å². The van der Waals surface area contributed by atoms with Crippen LogP contribution in [0.15, 0.2) is 145 Å². The van der Waals surface area contributed by atoms with Crippen LogP contribution in [0.5, 0.6) is 23.0 Å². The number of hydrogen-bond donors (Lipinski definition) is 1. The van der Waals surface area contributed by atoms with Gasteiger partial charge in [0, 0.05) is 32.0 Å². The zero-order valence-electron chi connectivity index (χ0n) is 53.7. The van der Waals surface area contributed by atoms with Gasteiger partial charge in [-0.05, 0) is 238 Å². The molecule has 6 rings (SSSR count). The van der Waals surface area contributed by atoms with E-state index >= 15 is 0 Å². The highest BCUT2D eigenvalue weighted by Gasteiger charge is 2.29. The molecule has 0 aliphatic heterocycles. The minimum Gasteiger partial charge on any atom is -0.494 e. The molecule has 2 aromatic carbocycles. The molecule has 0 amide bonds. The summed E-state index contributed by atoms with van der Waals surface area (Å²) in [4.78, 5) is 47.6. The molecule has 2 fully saturated rings. The Labute approximate surface area is 527 Å². The highest BCUT2D eigenvalue weighted by molar-refractivity contribution is 7.37. The van der Waals surface area contributed by atoms with Crippen molar-refractivity contribution in [3.8, 4) is 23.0 Å². The summed E-state index contributed by atoms with van der Waals surface area (Å²) in [5.74, 6) is 5.24. The van der Waals surface area contributed by atoms with Gasteiger partial charge >= 0.3 is 11.9 Å². The van der Waals surface area contributed by atoms with Crippen LogP contribution in [-0.4, -0.2) is 105 Å². The Bertz CT molecular complexity index is 2710. The number of imidazole rings is 1. The van der Waals surface area contributed by atoms with Crippen molar-refractivity contribution in [2.75, 3.05) is 70.8 Å². The molecule has 88 heavy (non-hydrogen) atoms. The lowest BCUT2D eigenvalue weighted by Gasteiger charge is -2.27. The number of carbonyl (C=O) groups is 3. The number of ether oxygens (including phenoxy) is 8. The topological polar surface area (TPSA) is 182 Å². The van der Waals surface area contributed by atoms with E-state index in [2.05, 4.69) is 66.6 Å². The second-order valence-electron chi connectivity index (χ2n) is 21.9. The monoisotopic (exact) mass is 1230 g/mol. The molecule has 2 saturated carbocycles. The summed E-state index contributed by atoms with van der Waals surface area (Å²) in [6.07, 6.45) is 33.3. The van der Waals surface area contributed by atoms with Gasteiger partial charge in [0.15, 0.2) is 5.65 Å². The first kappa shape index (κ1) is 73.6. The molecule has 1 atom stereocenters. The molecule has 2 aromatic heterocycles. The Kier molecular flexibility index (Phi) is 38.0. The highest BCUT2D eigenvalue weighted by Crippen LogP contribution is 2.34. The van der Waals surface area contributed by atoms with E-state index in [9.17, 15) is 14.4 Å². The van der Waals surface area contributed by atoms with Gasteiger partial charge in [-0.1, -0.05) is 54.3 Å². The first-order valence-electron chi connectivity index (χ1n) is 31.9. The molecule has 1 unspecified atom stereocenters. The second-order valence-corrected chi connectivity index (χ2v) is 23.1. The average molecular weight is 1230 g/mol. The van der Waals surface area contributed by atoms with Crippen molar-refractivity contribution in [2.24, 2.45) is 28.8 Å². The number of allylic oxidation sites excluding steroid dienone is 4. The maximum absolute atomic E-state index is 12.8. The predicted octanol–water partition coefficient (Wildman–Crippen LogP) is 16.5. The third-order valence-electron chi connectivity index (χ3n) is 14.9. The number of aldehydes is 1. The van der Waals surface area contributed by atoms with Gasteiger partial charge in [0.2, 0.25) is 5.95 Å². The number of carbonyl (C=O) groups excluding carboxylic acids is 3. The number of anilines is 1. The number of hydrazone groups is 1. The number of methoxy groups -OCH3 is 1. The molecule has 2 aliphatic carbocycles. The summed E-state index contributed by atoms with van der Waals surface area (Å²) in [5, 5.41) is 6.14. The summed E-state index contributed by atoms with van der Waals surface area (Å²) < 4.78 is 45.1. The van der Waals surface area contributed by atoms with Crippen molar-refractivity contribution < 1.29 is 52.3 Å². The highest BCUT2D eigenvalue weighted by atomic mass is 31.1. The van der Waals surface area contributed by atoms with Crippen molar-refractivity contribution in [2.45, 2.75) is 150 Å². The smallest absolute Gasteiger partial charge is 0.314 e. The number of H-pyrrole nitrogens is 1. The van der Waals surface area contributed by atoms with Crippen LogP contribution in [0.2, 0.25) is 0 Å². The van der Waals surface area contributed by atoms with E-state index < -0.39 is 0 Å². The van der Waals surface area contributed by atoms with Crippen LogP contribution >= 0.6 is 8.58 Å². The van der Waals surface area contributed by atoms with E-state index in [1.807, 2.05) is 85.8 Å². The van der Waals surface area contributed by atoms with Gasteiger partial charge < -0.3 is 47.7 Å². The Morgan fingerprint density at radius 3 is 1.81 bits per heavy atom. The second kappa shape index (κ2) is 45.4. The number of hydrogen-bond acceptors (Lipinski definition) is 15. The quantitative estimate of drug-likeness (QED) is 0.00512. The molecule has 17 heteroatoms. The van der Waals surface area contributed by atoms with Gasteiger partial charge in [-0.15, -0.1) is 0 Å². The molecule has 2 aliphatic rings. The fourth-order valence-corrected chi connectivity index (χ4v) is 11.0. The van der Waals surface area contributed by atoms with Gasteiger partial charge in [-0.2, -0.15) is 10.1 Å². The predicted molar refractivity (Wildman–Crippen MR) is 358 cm³/mol. The van der Waals surface area contributed by atoms with E-state index in [1.165, 1.54) is 17.3 Å². The summed E-state index contributed by atoms with van der Waals surface area (Å²) in [6, 6.07) is 18.4. The van der Waals surface area contributed by atoms with Gasteiger partial charge in [0.25, 0.3) is 0 Å². The number of nitrogens with one attached hydrogen (secondary N) is 1. The van der Waals surface area contributed by atoms with Crippen molar-refractivity contribution in [1.29, 1.82) is 0 Å². The van der Waals surface area contributed by atoms with Crippen LogP contribution in [0.3, 0.4) is 0 Å². The molecule has 4 aromatic rings. The van der Waals surface area contributed by atoms with Crippen LogP contribution in [0, 0.1) is 23.7 Å². The molecule has 1 N–H and O–H groups in total. The van der Waals surface area contributed by atoms with Crippen LogP contribution in [-0.2, 0) is 33.3 Å². The zero-order chi connectivity index (χ0) is 63.4. The first-order valence-corrected chi connectivity index (χ1v) is 33.3. The lowest BCUT2D eigenvalue weighted by atomic mass is 9.83. The van der Waals surface area contributed by atoms with E-state index in [0.717, 1.165) is 184 Å². The van der Waals surface area contributed by atoms with Crippen LogP contribution < -0.4 is 24.0 Å². The summed E-state index contributed by atoms with van der Waals surface area (Å²) in [7, 11) is 2.50. The number of fused-ring (bicyclic) bond motifs is 1. The van der Waals surface area contributed by atoms with Crippen LogP contribution in [0.1, 0.15) is 150 Å². The fourth-order valence-electron chi connectivity index (χ4n) is 9.79. The minimum atomic E-state index is -0.205. The maximum atomic E-state index is 12.8. The minimum absolute atomic E-state index is 0.0135. The van der Waals surface area contributed by atoms with E-state index in [0.29, 0.717) is 56.2 Å². The number of benzene rings is 2. The number of aromatic amines is 1. The molecule has 0 saturated heterocycles. The van der Waals surface area contributed by atoms with E-state index in [1.54, 1.807) is 37.6 Å². The van der Waals surface area contributed by atoms with E-state index in [-0.39, 0.29) is 29.7 Å². The molecule has 0 radical (unpaired) electrons. The third kappa shape index (κ3) is 29.9. The molecule has 0 bridgehead atoms. The van der Waals surface area contributed by atoms with Gasteiger partial charge in [0.1, 0.15) is 40.8 Å². The third-order valence-corrected chi connectivity index (χ3v) is 16.2. The molecule has 2 heterocycles. The zero-order valence-corrected chi connectivity index (χ0v) is 54.7. The van der Waals surface area contributed by atoms with Crippen molar-refractivity contribution in [3.63, 3.8) is 0 Å². The SMILES string of the molecule is C=C/C(=C\CC)OCCCCCCOc1ccc(OC(=O)C2CCC(CPCOCC(/C=C\C)=C(/C)COC)CC2)cc1.C=CC(=C)OCCCCCCOc1ccc(OC(=O)C2CCC(C=O)CC2)cc1.CC/C=N/N(CC)c1nc2ncccc2[nH]1. The fraction of sp³-hybridized carbons (Fsp3) is 0.521. The Morgan fingerprint density at radius 1 is 0.727 bits per heavy atom. The van der Waals surface area contributed by atoms with Crippen LogP contribution in [0.4, 0.5) is 5.95 Å². The van der Waals surface area contributed by atoms with E-state index in [4.69, 9.17) is 37.9 Å². The first-order chi connectivity index (χ1) is 43.0. The van der Waals surface area contributed by atoms with Crippen molar-refractivity contribution in [1.82, 2.24) is 15.0 Å². The van der Waals surface area contributed by atoms with Crippen LogP contribution in [0.25, 0.3) is 11.2 Å². The number of nitrogens with zero attached hydrogens (tertiary/aromatic N) is 4. The van der Waals surface area contributed by atoms with Crippen molar-refractivity contribution >= 4 is 50.1 Å². The lowest BCUT2D eigenvalue weighted by Crippen LogP contribution is -2.26. The molecular weight excluding hydrogens is 1130 g/mol. The number of unbranched alkanes of at least 4 members (excludes halogenated alkanes) is 6. The Hall–Kier alpha value is -6.87. The number of esters is 2. The summed E-state index contributed by atoms with van der Waals surface area (Å²) in [5.41, 5.74) is 4.06. The molecule has 16 nitrogen and oxygen atoms in total. The molecule has 482 valence electrons. The standard InChI is InChI=1S/C36H55O6P.C24H32O5.C11H15N5/c1-6-13-32(29(4)25-38-5)26-39-28-43-27-30-15-17-31(18-16-30)36(37)42-35-21-19-34(20-22-35)41-24-12-10-9-11-23-40-33(8-3)14-7-2;1-3-19(2)27-16-6-4-5-7-17-28-22-12-14-23(15-13-22)29-24(26)21-10-8-20(18-25)9-11-21;1-3-7-13-16(4-2)11-14-9-6-5-8-12-10(9)15-11/h6,8,13-14,19-22,30-31,43H,3,7,9-12,15-18,23-28H2,1-2,4-5H3;3,12-15,18,20-21H,1-2,4-11,16-17H2;5-8H,3-4H2,1-2H3,(H,12,14,15)/b13-6-,32-29-,33-14+;;13-7+. The van der Waals surface area contributed by atoms with Gasteiger partial charge in [0.05, 0.1) is 63.3 Å². The number of pyridine rings is 1.